The van der Waals surface area contributed by atoms with E-state index in [2.05, 4.69) is 4.98 Å². The van der Waals surface area contributed by atoms with Crippen LogP contribution in [-0.4, -0.2) is 28.3 Å². The molecule has 1 fully saturated rings. The number of aromatic nitrogens is 1. The van der Waals surface area contributed by atoms with E-state index in [0.29, 0.717) is 51.0 Å². The second kappa shape index (κ2) is 6.33. The molecule has 1 saturated carbocycles. The predicted molar refractivity (Wildman–Crippen MR) is 93.9 cm³/mol. The lowest BCUT2D eigenvalue weighted by Gasteiger charge is -2.30. The van der Waals surface area contributed by atoms with Crippen molar-refractivity contribution in [2.75, 3.05) is 0 Å². The first-order valence-corrected chi connectivity index (χ1v) is 8.49. The van der Waals surface area contributed by atoms with Crippen molar-refractivity contribution in [3.8, 4) is 11.5 Å². The SMILES string of the molecule is O=C(O[C@H]1C[C@H](O)C1)c1ccc2nc(-c3cc(Cl)cc(Cl)c3)oc2c1. The third-order valence-electron chi connectivity index (χ3n) is 4.08. The first kappa shape index (κ1) is 16.4. The van der Waals surface area contributed by atoms with E-state index in [1.54, 1.807) is 36.4 Å². The Morgan fingerprint density at radius 3 is 2.56 bits per heavy atom. The molecule has 0 saturated heterocycles. The van der Waals surface area contributed by atoms with Gasteiger partial charge in [0.2, 0.25) is 5.89 Å². The summed E-state index contributed by atoms with van der Waals surface area (Å²) in [7, 11) is 0. The number of carbonyl (C=O) groups is 1. The average Bonchev–Trinajstić information content (AvgIpc) is 2.95. The number of benzene rings is 2. The van der Waals surface area contributed by atoms with E-state index in [4.69, 9.17) is 32.4 Å². The summed E-state index contributed by atoms with van der Waals surface area (Å²) in [6, 6.07) is 9.96. The molecule has 1 heterocycles. The topological polar surface area (TPSA) is 72.6 Å². The van der Waals surface area contributed by atoms with Crippen LogP contribution in [0.4, 0.5) is 0 Å². The minimum atomic E-state index is -0.442. The van der Waals surface area contributed by atoms with E-state index in [-0.39, 0.29) is 12.2 Å². The molecule has 0 bridgehead atoms. The highest BCUT2D eigenvalue weighted by Gasteiger charge is 2.30. The standard InChI is InChI=1S/C18H13Cl2NO4/c19-11-3-10(4-12(20)6-11)17-21-15-2-1-9(5-16(15)25-17)18(23)24-14-7-13(22)8-14/h1-6,13-14,22H,7-8H2/t13-,14-. The zero-order valence-corrected chi connectivity index (χ0v) is 14.4. The minimum absolute atomic E-state index is 0.225. The van der Waals surface area contributed by atoms with Crippen molar-refractivity contribution in [2.45, 2.75) is 25.0 Å². The summed E-state index contributed by atoms with van der Waals surface area (Å²) < 4.78 is 11.1. The highest BCUT2D eigenvalue weighted by molar-refractivity contribution is 6.35. The third kappa shape index (κ3) is 3.35. The van der Waals surface area contributed by atoms with E-state index in [1.807, 2.05) is 0 Å². The van der Waals surface area contributed by atoms with Gasteiger partial charge in [0.15, 0.2) is 5.58 Å². The van der Waals surface area contributed by atoms with Gasteiger partial charge in [-0.3, -0.25) is 0 Å². The van der Waals surface area contributed by atoms with E-state index >= 15 is 0 Å². The van der Waals surface area contributed by atoms with Crippen LogP contribution >= 0.6 is 23.2 Å². The number of fused-ring (bicyclic) bond motifs is 1. The molecule has 25 heavy (non-hydrogen) atoms. The van der Waals surface area contributed by atoms with Crippen LogP contribution in [0.2, 0.25) is 10.0 Å². The maximum atomic E-state index is 12.2. The van der Waals surface area contributed by atoms with Gasteiger partial charge < -0.3 is 14.3 Å². The van der Waals surface area contributed by atoms with Gasteiger partial charge in [-0.25, -0.2) is 9.78 Å². The van der Waals surface area contributed by atoms with Crippen molar-refractivity contribution in [1.29, 1.82) is 0 Å². The van der Waals surface area contributed by atoms with E-state index in [1.165, 1.54) is 0 Å². The minimum Gasteiger partial charge on any atom is -0.459 e. The number of hydrogen-bond donors (Lipinski definition) is 1. The molecule has 4 rings (SSSR count). The number of ether oxygens (including phenoxy) is 1. The second-order valence-electron chi connectivity index (χ2n) is 6.01. The van der Waals surface area contributed by atoms with Gasteiger partial charge in [0, 0.05) is 28.5 Å². The lowest BCUT2D eigenvalue weighted by Crippen LogP contribution is -2.36. The molecule has 1 aliphatic carbocycles. The molecule has 0 aliphatic heterocycles. The number of aliphatic hydroxyl groups is 1. The molecule has 7 heteroatoms. The Morgan fingerprint density at radius 2 is 1.88 bits per heavy atom. The molecule has 0 amide bonds. The molecule has 128 valence electrons. The third-order valence-corrected chi connectivity index (χ3v) is 4.51. The van der Waals surface area contributed by atoms with Gasteiger partial charge >= 0.3 is 5.97 Å². The van der Waals surface area contributed by atoms with Crippen LogP contribution in [-0.2, 0) is 4.74 Å². The summed E-state index contributed by atoms with van der Waals surface area (Å²) in [6.45, 7) is 0. The summed E-state index contributed by atoms with van der Waals surface area (Å²) >= 11 is 12.0. The molecule has 0 spiro atoms. The van der Waals surface area contributed by atoms with Crippen molar-refractivity contribution in [2.24, 2.45) is 0 Å². The quantitative estimate of drug-likeness (QED) is 0.681. The highest BCUT2D eigenvalue weighted by Crippen LogP contribution is 2.30. The van der Waals surface area contributed by atoms with Gasteiger partial charge in [-0.1, -0.05) is 23.2 Å². The van der Waals surface area contributed by atoms with E-state index in [9.17, 15) is 9.90 Å². The van der Waals surface area contributed by atoms with Crippen LogP contribution < -0.4 is 0 Å². The Labute approximate surface area is 153 Å². The molecule has 1 N–H and O–H groups in total. The monoisotopic (exact) mass is 377 g/mol. The Morgan fingerprint density at radius 1 is 1.16 bits per heavy atom. The Hall–Kier alpha value is -2.08. The van der Waals surface area contributed by atoms with Gasteiger partial charge in [-0.05, 0) is 36.4 Å². The number of aliphatic hydroxyl groups excluding tert-OH is 1. The average molecular weight is 378 g/mol. The number of halogens is 2. The number of nitrogens with zero attached hydrogens (tertiary/aromatic N) is 1. The summed E-state index contributed by atoms with van der Waals surface area (Å²) in [4.78, 5) is 16.6. The van der Waals surface area contributed by atoms with Crippen LogP contribution in [0.3, 0.4) is 0 Å². The van der Waals surface area contributed by atoms with E-state index in [0.717, 1.165) is 0 Å². The highest BCUT2D eigenvalue weighted by atomic mass is 35.5. The molecule has 3 aromatic rings. The van der Waals surface area contributed by atoms with Crippen LogP contribution in [0.5, 0.6) is 0 Å². The second-order valence-corrected chi connectivity index (χ2v) is 6.89. The van der Waals surface area contributed by atoms with Crippen LogP contribution in [0.25, 0.3) is 22.6 Å². The molecule has 1 aliphatic rings. The Balaban J connectivity index is 1.61. The fraction of sp³-hybridized carbons (Fsp3) is 0.222. The van der Waals surface area contributed by atoms with Gasteiger partial charge in [0.1, 0.15) is 11.6 Å². The van der Waals surface area contributed by atoms with E-state index < -0.39 is 5.97 Å². The number of oxazole rings is 1. The predicted octanol–water partition coefficient (Wildman–Crippen LogP) is 4.48. The van der Waals surface area contributed by atoms with Crippen molar-refractivity contribution < 1.29 is 19.1 Å². The molecule has 0 unspecified atom stereocenters. The van der Waals surface area contributed by atoms with Gasteiger partial charge in [0.25, 0.3) is 0 Å². The van der Waals surface area contributed by atoms with Crippen LogP contribution in [0.1, 0.15) is 23.2 Å². The molecule has 0 radical (unpaired) electrons. The smallest absolute Gasteiger partial charge is 0.338 e. The van der Waals surface area contributed by atoms with Crippen molar-refractivity contribution in [3.63, 3.8) is 0 Å². The number of esters is 1. The van der Waals surface area contributed by atoms with Crippen molar-refractivity contribution in [1.82, 2.24) is 4.98 Å². The lowest BCUT2D eigenvalue weighted by molar-refractivity contribution is -0.0466. The Kier molecular flexibility index (Phi) is 4.15. The van der Waals surface area contributed by atoms with Gasteiger partial charge in [-0.2, -0.15) is 0 Å². The van der Waals surface area contributed by atoms with Crippen molar-refractivity contribution >= 4 is 40.3 Å². The van der Waals surface area contributed by atoms with Crippen molar-refractivity contribution in [3.05, 3.63) is 52.0 Å². The zero-order valence-electron chi connectivity index (χ0n) is 12.9. The fourth-order valence-corrected chi connectivity index (χ4v) is 3.23. The summed E-state index contributed by atoms with van der Waals surface area (Å²) in [6.07, 6.45) is 0.366. The Bertz CT molecular complexity index is 943. The normalized spacial score (nSPS) is 19.6. The molecule has 1 aromatic heterocycles. The number of rotatable bonds is 3. The number of carbonyl (C=O) groups excluding carboxylic acids is 1. The number of hydrogen-bond acceptors (Lipinski definition) is 5. The molecular formula is C18H13Cl2NO4. The molecule has 2 aromatic carbocycles. The summed E-state index contributed by atoms with van der Waals surface area (Å²) in [5.41, 5.74) is 2.11. The van der Waals surface area contributed by atoms with Gasteiger partial charge in [0.05, 0.1) is 11.7 Å². The molecular weight excluding hydrogens is 365 g/mol. The van der Waals surface area contributed by atoms with Gasteiger partial charge in [-0.15, -0.1) is 0 Å². The van der Waals surface area contributed by atoms with Crippen LogP contribution in [0.15, 0.2) is 40.8 Å². The molecule has 5 nitrogen and oxygen atoms in total. The van der Waals surface area contributed by atoms with Crippen LogP contribution in [0, 0.1) is 0 Å². The first-order chi connectivity index (χ1) is 12.0. The summed E-state index contributed by atoms with van der Waals surface area (Å²) in [5, 5.41) is 10.2. The largest absolute Gasteiger partial charge is 0.459 e. The first-order valence-electron chi connectivity index (χ1n) is 7.74. The zero-order chi connectivity index (χ0) is 17.6. The maximum absolute atomic E-state index is 12.2. The fourth-order valence-electron chi connectivity index (χ4n) is 2.71. The summed E-state index contributed by atoms with van der Waals surface area (Å²) in [5.74, 6) is -0.0745. The lowest BCUT2D eigenvalue weighted by atomic mass is 9.92. The molecule has 0 atom stereocenters. The maximum Gasteiger partial charge on any atom is 0.338 e.